The summed E-state index contributed by atoms with van der Waals surface area (Å²) in [5.41, 5.74) is -0.190. The van der Waals surface area contributed by atoms with Crippen LogP contribution in [0.25, 0.3) is 0 Å². The van der Waals surface area contributed by atoms with Crippen molar-refractivity contribution < 1.29 is 35.6 Å². The molecule has 0 bridgehead atoms. The molecule has 0 atom stereocenters. The van der Waals surface area contributed by atoms with E-state index in [1.807, 2.05) is 0 Å². The van der Waals surface area contributed by atoms with Crippen molar-refractivity contribution in [3.8, 4) is 0 Å². The minimum absolute atomic E-state index is 0.0667. The molecule has 1 aliphatic carbocycles. The van der Waals surface area contributed by atoms with E-state index in [0.717, 1.165) is 29.3 Å². The molecule has 1 amide bonds. The molecule has 1 aliphatic heterocycles. The number of amides is 1. The summed E-state index contributed by atoms with van der Waals surface area (Å²) in [4.78, 5) is 25.5. The SMILES string of the molecule is O=C(CNC(=O)C(F)F)c1ccc(CN(c2ccc(F)c(Cl)c2)S(=O)(=O)C2CCN(C3CCC3)CC2)c(F)c1. The second-order valence-electron chi connectivity index (χ2n) is 9.72. The Morgan fingerprint density at radius 3 is 2.28 bits per heavy atom. The van der Waals surface area contributed by atoms with Gasteiger partial charge in [-0.3, -0.25) is 13.9 Å². The van der Waals surface area contributed by atoms with E-state index < -0.39 is 58.1 Å². The van der Waals surface area contributed by atoms with Gasteiger partial charge in [0, 0.05) is 17.2 Å². The third-order valence-electron chi connectivity index (χ3n) is 7.30. The van der Waals surface area contributed by atoms with E-state index in [1.54, 1.807) is 5.32 Å². The topological polar surface area (TPSA) is 86.8 Å². The van der Waals surface area contributed by atoms with Crippen LogP contribution in [0.4, 0.5) is 23.2 Å². The minimum Gasteiger partial charge on any atom is -0.344 e. The van der Waals surface area contributed by atoms with Gasteiger partial charge in [0.05, 0.1) is 29.0 Å². The monoisotopic (exact) mass is 589 g/mol. The normalized spacial score (nSPS) is 17.2. The van der Waals surface area contributed by atoms with Crippen LogP contribution in [-0.4, -0.2) is 62.4 Å². The second-order valence-corrected chi connectivity index (χ2v) is 12.3. The first kappa shape index (κ1) is 29.3. The summed E-state index contributed by atoms with van der Waals surface area (Å²) in [6, 6.07) is 7.22. The Labute approximate surface area is 229 Å². The van der Waals surface area contributed by atoms with Crippen LogP contribution in [-0.2, 0) is 21.4 Å². The summed E-state index contributed by atoms with van der Waals surface area (Å²) in [7, 11) is -4.04. The number of anilines is 1. The van der Waals surface area contributed by atoms with Crippen LogP contribution in [0.1, 0.15) is 48.0 Å². The summed E-state index contributed by atoms with van der Waals surface area (Å²) >= 11 is 5.94. The predicted molar refractivity (Wildman–Crippen MR) is 138 cm³/mol. The Hall–Kier alpha value is -2.70. The van der Waals surface area contributed by atoms with Crippen LogP contribution < -0.4 is 9.62 Å². The second kappa shape index (κ2) is 12.2. The molecule has 7 nitrogen and oxygen atoms in total. The molecule has 2 aromatic rings. The zero-order chi connectivity index (χ0) is 28.3. The predicted octanol–water partition coefficient (Wildman–Crippen LogP) is 4.54. The highest BCUT2D eigenvalue weighted by atomic mass is 35.5. The number of sulfonamides is 1. The number of Topliss-reactive ketones (excluding diaryl/α,β-unsaturated/α-hetero) is 1. The number of carbonyl (C=O) groups is 2. The van der Waals surface area contributed by atoms with Crippen LogP contribution in [0.3, 0.4) is 0 Å². The Bertz CT molecular complexity index is 1330. The molecule has 4 rings (SSSR count). The summed E-state index contributed by atoms with van der Waals surface area (Å²) in [5.74, 6) is -4.07. The molecule has 0 unspecified atom stereocenters. The lowest BCUT2D eigenvalue weighted by atomic mass is 9.90. The zero-order valence-corrected chi connectivity index (χ0v) is 22.5. The van der Waals surface area contributed by atoms with E-state index in [9.17, 15) is 31.2 Å². The molecule has 212 valence electrons. The Kier molecular flexibility index (Phi) is 9.18. The van der Waals surface area contributed by atoms with E-state index in [1.165, 1.54) is 30.7 Å². The molecule has 1 heterocycles. The number of alkyl halides is 2. The average Bonchev–Trinajstić information content (AvgIpc) is 2.87. The molecular weight excluding hydrogens is 562 g/mol. The molecule has 0 aromatic heterocycles. The summed E-state index contributed by atoms with van der Waals surface area (Å²) in [5, 5.41) is 0.729. The Balaban J connectivity index is 1.56. The highest BCUT2D eigenvalue weighted by Crippen LogP contribution is 2.33. The van der Waals surface area contributed by atoms with Crippen LogP contribution >= 0.6 is 11.6 Å². The number of ketones is 1. The van der Waals surface area contributed by atoms with Gasteiger partial charge in [-0.15, -0.1) is 0 Å². The molecule has 0 radical (unpaired) electrons. The van der Waals surface area contributed by atoms with Gasteiger partial charge in [-0.1, -0.05) is 30.2 Å². The molecule has 39 heavy (non-hydrogen) atoms. The van der Waals surface area contributed by atoms with E-state index in [-0.39, 0.29) is 21.8 Å². The van der Waals surface area contributed by atoms with Crippen molar-refractivity contribution in [2.75, 3.05) is 23.9 Å². The summed E-state index contributed by atoms with van der Waals surface area (Å²) in [6.07, 6.45) is 0.870. The maximum Gasteiger partial charge on any atom is 0.315 e. The number of piperidine rings is 1. The molecule has 1 saturated carbocycles. The van der Waals surface area contributed by atoms with Gasteiger partial charge in [-0.2, -0.15) is 8.78 Å². The zero-order valence-electron chi connectivity index (χ0n) is 20.9. The van der Waals surface area contributed by atoms with E-state index in [4.69, 9.17) is 11.6 Å². The van der Waals surface area contributed by atoms with Crippen molar-refractivity contribution in [1.29, 1.82) is 0 Å². The number of nitrogens with zero attached hydrogens (tertiary/aromatic N) is 2. The third kappa shape index (κ3) is 6.72. The minimum atomic E-state index is -4.04. The number of likely N-dealkylation sites (tertiary alicyclic amines) is 1. The van der Waals surface area contributed by atoms with Gasteiger partial charge in [0.15, 0.2) is 5.78 Å². The standard InChI is InChI=1S/C26H28ClF4N3O4S/c27-21-13-19(6-7-22(21)28)34(39(37,38)20-8-10-33(11-9-20)18-2-1-3-18)15-17-5-4-16(12-23(17)29)24(35)14-32-26(36)25(30)31/h4-7,12-13,18,20,25H,1-3,8-11,14-15H2,(H,32,36). The fourth-order valence-electron chi connectivity index (χ4n) is 4.79. The van der Waals surface area contributed by atoms with Gasteiger partial charge in [0.1, 0.15) is 11.6 Å². The molecule has 13 heteroatoms. The lowest BCUT2D eigenvalue weighted by molar-refractivity contribution is -0.131. The first-order valence-electron chi connectivity index (χ1n) is 12.6. The molecule has 1 N–H and O–H groups in total. The van der Waals surface area contributed by atoms with Crippen LogP contribution in [0, 0.1) is 11.6 Å². The number of hydrogen-bond acceptors (Lipinski definition) is 5. The van der Waals surface area contributed by atoms with Crippen molar-refractivity contribution in [1.82, 2.24) is 10.2 Å². The first-order valence-corrected chi connectivity index (χ1v) is 14.4. The van der Waals surface area contributed by atoms with E-state index >= 15 is 4.39 Å². The van der Waals surface area contributed by atoms with Crippen LogP contribution in [0.2, 0.25) is 5.02 Å². The number of rotatable bonds is 10. The van der Waals surface area contributed by atoms with Gasteiger partial charge in [-0.05, 0) is 63.0 Å². The molecule has 2 aliphatic rings. The average molecular weight is 590 g/mol. The van der Waals surface area contributed by atoms with Crippen molar-refractivity contribution in [2.24, 2.45) is 0 Å². The number of hydrogen-bond donors (Lipinski definition) is 1. The fourth-order valence-corrected chi connectivity index (χ4v) is 6.86. The quantitative estimate of drug-likeness (QED) is 0.325. The lowest BCUT2D eigenvalue weighted by Gasteiger charge is -2.42. The molecule has 2 aromatic carbocycles. The maximum atomic E-state index is 15.1. The number of carbonyl (C=O) groups excluding carboxylic acids is 2. The van der Waals surface area contributed by atoms with Crippen molar-refractivity contribution in [3.63, 3.8) is 0 Å². The Morgan fingerprint density at radius 2 is 1.72 bits per heavy atom. The third-order valence-corrected chi connectivity index (χ3v) is 9.86. The molecule has 0 spiro atoms. The lowest BCUT2D eigenvalue weighted by Crippen LogP contribution is -2.49. The van der Waals surface area contributed by atoms with Crippen molar-refractivity contribution in [2.45, 2.75) is 56.4 Å². The number of halogens is 5. The van der Waals surface area contributed by atoms with E-state index in [0.29, 0.717) is 32.0 Å². The van der Waals surface area contributed by atoms with Gasteiger partial charge in [-0.25, -0.2) is 17.2 Å². The maximum absolute atomic E-state index is 15.1. The summed E-state index contributed by atoms with van der Waals surface area (Å²) in [6.45, 7) is 0.0470. The first-order chi connectivity index (χ1) is 18.5. The van der Waals surface area contributed by atoms with Crippen molar-refractivity contribution in [3.05, 3.63) is 64.2 Å². The largest absolute Gasteiger partial charge is 0.344 e. The smallest absolute Gasteiger partial charge is 0.315 e. The molecule has 1 saturated heterocycles. The Morgan fingerprint density at radius 1 is 1.03 bits per heavy atom. The number of nitrogens with one attached hydrogen (secondary N) is 1. The van der Waals surface area contributed by atoms with Crippen LogP contribution in [0.5, 0.6) is 0 Å². The van der Waals surface area contributed by atoms with E-state index in [2.05, 4.69) is 4.90 Å². The van der Waals surface area contributed by atoms with Gasteiger partial charge >= 0.3 is 6.43 Å². The van der Waals surface area contributed by atoms with Gasteiger partial charge < -0.3 is 10.2 Å². The van der Waals surface area contributed by atoms with Crippen molar-refractivity contribution >= 4 is 39.0 Å². The highest BCUT2D eigenvalue weighted by Gasteiger charge is 2.38. The molecular formula is C26H28ClF4N3O4S. The number of benzene rings is 2. The van der Waals surface area contributed by atoms with Gasteiger partial charge in [0.2, 0.25) is 10.0 Å². The van der Waals surface area contributed by atoms with Crippen LogP contribution in [0.15, 0.2) is 36.4 Å². The summed E-state index contributed by atoms with van der Waals surface area (Å²) < 4.78 is 82.3. The fraction of sp³-hybridized carbons (Fsp3) is 0.462. The molecule has 2 fully saturated rings. The van der Waals surface area contributed by atoms with Gasteiger partial charge in [0.25, 0.3) is 5.91 Å². The highest BCUT2D eigenvalue weighted by molar-refractivity contribution is 7.93.